The maximum atomic E-state index is 12.8. The molecule has 6 nitrogen and oxygen atoms in total. The van der Waals surface area contributed by atoms with E-state index >= 15 is 0 Å². The van der Waals surface area contributed by atoms with E-state index in [-0.39, 0.29) is 37.5 Å². The van der Waals surface area contributed by atoms with Crippen molar-refractivity contribution in [3.05, 3.63) is 134 Å². The van der Waals surface area contributed by atoms with Gasteiger partial charge in [0.05, 0.1) is 0 Å². The molecule has 0 heterocycles. The van der Waals surface area contributed by atoms with Crippen LogP contribution in [0.1, 0.15) is 239 Å². The van der Waals surface area contributed by atoms with Crippen LogP contribution in [-0.2, 0) is 28.6 Å². The van der Waals surface area contributed by atoms with Crippen LogP contribution in [0.25, 0.3) is 0 Å². The van der Waals surface area contributed by atoms with Gasteiger partial charge in [-0.25, -0.2) is 0 Å². The molecule has 71 heavy (non-hydrogen) atoms. The molecule has 0 aromatic carbocycles. The maximum absolute atomic E-state index is 12.8. The smallest absolute Gasteiger partial charge is 0.306 e. The molecule has 0 saturated heterocycles. The lowest BCUT2D eigenvalue weighted by atomic mass is 10.1. The molecular formula is C65H104O6. The average molecular weight is 982 g/mol. The van der Waals surface area contributed by atoms with Gasteiger partial charge < -0.3 is 14.2 Å². The SMILES string of the molecule is CCCCC/C=C\C/C=C\C/C=C\C/C=C\CCCCCC(=O)OC[C@@H](COC(=O)CCCCCC/C=C\C/C=C\C/C=C\CCCCC)OC(=O)CCC/C=C\C/C=C\C/C=C\C/C=C\CCCCC. The first kappa shape index (κ1) is 66.6. The van der Waals surface area contributed by atoms with Crippen LogP contribution in [0, 0.1) is 0 Å². The molecule has 0 amide bonds. The lowest BCUT2D eigenvalue weighted by Gasteiger charge is -2.18. The summed E-state index contributed by atoms with van der Waals surface area (Å²) in [5, 5.41) is 0. The van der Waals surface area contributed by atoms with E-state index in [1.165, 1.54) is 77.0 Å². The summed E-state index contributed by atoms with van der Waals surface area (Å²) in [6, 6.07) is 0. The first-order chi connectivity index (χ1) is 35.0. The monoisotopic (exact) mass is 981 g/mol. The number of hydrogen-bond acceptors (Lipinski definition) is 6. The van der Waals surface area contributed by atoms with Crippen molar-refractivity contribution in [2.75, 3.05) is 13.2 Å². The highest BCUT2D eigenvalue weighted by atomic mass is 16.6. The van der Waals surface area contributed by atoms with Crippen LogP contribution in [0.4, 0.5) is 0 Å². The van der Waals surface area contributed by atoms with Gasteiger partial charge in [-0.15, -0.1) is 0 Å². The summed E-state index contributed by atoms with van der Waals surface area (Å²) >= 11 is 0. The van der Waals surface area contributed by atoms with Crippen LogP contribution in [0.3, 0.4) is 0 Å². The van der Waals surface area contributed by atoms with Gasteiger partial charge in [0.15, 0.2) is 6.10 Å². The Morgan fingerprint density at radius 3 is 0.831 bits per heavy atom. The molecule has 0 rings (SSSR count). The second-order valence-corrected chi connectivity index (χ2v) is 18.5. The molecule has 0 aliphatic carbocycles. The number of unbranched alkanes of at least 4 members (excludes halogenated alkanes) is 17. The molecule has 0 bridgehead atoms. The summed E-state index contributed by atoms with van der Waals surface area (Å²) in [5.74, 6) is -1.04. The Hall–Kier alpha value is -4.45. The topological polar surface area (TPSA) is 78.9 Å². The van der Waals surface area contributed by atoms with Crippen molar-refractivity contribution in [1.29, 1.82) is 0 Å². The van der Waals surface area contributed by atoms with Crippen molar-refractivity contribution in [3.63, 3.8) is 0 Å². The fraction of sp³-hybridized carbons (Fsp3) is 0.615. The summed E-state index contributed by atoms with van der Waals surface area (Å²) in [6.07, 6.45) is 81.5. The van der Waals surface area contributed by atoms with E-state index in [1.54, 1.807) is 0 Å². The predicted octanol–water partition coefficient (Wildman–Crippen LogP) is 19.4. The van der Waals surface area contributed by atoms with E-state index < -0.39 is 6.10 Å². The van der Waals surface area contributed by atoms with Gasteiger partial charge in [0, 0.05) is 19.3 Å². The summed E-state index contributed by atoms with van der Waals surface area (Å²) in [4.78, 5) is 38.1. The highest BCUT2D eigenvalue weighted by Gasteiger charge is 2.19. The largest absolute Gasteiger partial charge is 0.462 e. The first-order valence-electron chi connectivity index (χ1n) is 28.7. The minimum Gasteiger partial charge on any atom is -0.462 e. The average Bonchev–Trinajstić information content (AvgIpc) is 3.37. The molecule has 0 aliphatic rings. The Morgan fingerprint density at radius 1 is 0.282 bits per heavy atom. The molecule has 0 fully saturated rings. The van der Waals surface area contributed by atoms with Crippen molar-refractivity contribution < 1.29 is 28.6 Å². The molecule has 0 N–H and O–H groups in total. The van der Waals surface area contributed by atoms with E-state index in [0.717, 1.165) is 116 Å². The molecular weight excluding hydrogens is 877 g/mol. The molecule has 1 atom stereocenters. The van der Waals surface area contributed by atoms with Gasteiger partial charge in [-0.2, -0.15) is 0 Å². The number of ether oxygens (including phenoxy) is 3. The van der Waals surface area contributed by atoms with Gasteiger partial charge in [0.25, 0.3) is 0 Å². The van der Waals surface area contributed by atoms with Gasteiger partial charge in [-0.1, -0.05) is 212 Å². The molecule has 0 aliphatic heterocycles. The molecule has 0 unspecified atom stereocenters. The number of hydrogen-bond donors (Lipinski definition) is 0. The standard InChI is InChI=1S/C65H104O6/c1-4-7-10-13-16-19-22-25-28-31-32-35-37-40-43-46-49-52-55-58-64(67)70-61-62(71-65(68)59-56-53-50-47-44-41-38-34-30-27-24-21-18-15-12-9-6-3)60-69-63(66)57-54-51-48-45-42-39-36-33-29-26-23-20-17-14-11-8-5-2/h16-21,25-30,32,35-36,38-41,43,47,50,62H,4-15,22-24,31,33-34,37,42,44-46,48-49,51-61H2,1-3H3/b19-16-,20-17-,21-18-,28-25-,29-26-,30-27-,35-32-,39-36-,41-38-,43-40-,50-47-/t62-/m1/s1. The fourth-order valence-electron chi connectivity index (χ4n) is 7.25. The quantitative estimate of drug-likeness (QED) is 0.0262. The van der Waals surface area contributed by atoms with Crippen LogP contribution in [0.15, 0.2) is 134 Å². The zero-order valence-electron chi connectivity index (χ0n) is 45.7. The Bertz CT molecular complexity index is 1550. The Balaban J connectivity index is 4.60. The van der Waals surface area contributed by atoms with Crippen LogP contribution in [0.2, 0.25) is 0 Å². The second-order valence-electron chi connectivity index (χ2n) is 18.5. The Kier molecular flexibility index (Phi) is 54.5. The fourth-order valence-corrected chi connectivity index (χ4v) is 7.25. The predicted molar refractivity (Wildman–Crippen MR) is 306 cm³/mol. The third kappa shape index (κ3) is 56.3. The van der Waals surface area contributed by atoms with Gasteiger partial charge in [-0.3, -0.25) is 14.4 Å². The third-order valence-electron chi connectivity index (χ3n) is 11.6. The van der Waals surface area contributed by atoms with Gasteiger partial charge in [0.2, 0.25) is 0 Å². The van der Waals surface area contributed by atoms with E-state index in [2.05, 4.69) is 154 Å². The Labute approximate surface area is 436 Å². The van der Waals surface area contributed by atoms with Crippen molar-refractivity contribution in [2.45, 2.75) is 245 Å². The van der Waals surface area contributed by atoms with Crippen molar-refractivity contribution in [2.24, 2.45) is 0 Å². The summed E-state index contributed by atoms with van der Waals surface area (Å²) < 4.78 is 16.8. The number of carbonyl (C=O) groups excluding carboxylic acids is 3. The van der Waals surface area contributed by atoms with Gasteiger partial charge in [0.1, 0.15) is 13.2 Å². The highest BCUT2D eigenvalue weighted by molar-refractivity contribution is 5.71. The zero-order chi connectivity index (χ0) is 51.4. The molecule has 0 aromatic rings. The highest BCUT2D eigenvalue weighted by Crippen LogP contribution is 2.11. The summed E-state index contributed by atoms with van der Waals surface area (Å²) in [7, 11) is 0. The number of carbonyl (C=O) groups is 3. The minimum absolute atomic E-state index is 0.126. The van der Waals surface area contributed by atoms with E-state index in [1.807, 2.05) is 0 Å². The van der Waals surface area contributed by atoms with Crippen molar-refractivity contribution >= 4 is 17.9 Å². The minimum atomic E-state index is -0.835. The number of allylic oxidation sites excluding steroid dienone is 22. The number of rotatable bonds is 50. The molecule has 0 radical (unpaired) electrons. The van der Waals surface area contributed by atoms with E-state index in [4.69, 9.17) is 14.2 Å². The first-order valence-corrected chi connectivity index (χ1v) is 28.7. The van der Waals surface area contributed by atoms with E-state index in [9.17, 15) is 14.4 Å². The summed E-state index contributed by atoms with van der Waals surface area (Å²) in [5.41, 5.74) is 0. The lowest BCUT2D eigenvalue weighted by Crippen LogP contribution is -2.30. The third-order valence-corrected chi connectivity index (χ3v) is 11.6. The molecule has 0 saturated carbocycles. The number of esters is 3. The van der Waals surface area contributed by atoms with Crippen molar-refractivity contribution in [3.8, 4) is 0 Å². The molecule has 0 aromatic heterocycles. The van der Waals surface area contributed by atoms with Crippen molar-refractivity contribution in [1.82, 2.24) is 0 Å². The Morgan fingerprint density at radius 2 is 0.521 bits per heavy atom. The lowest BCUT2D eigenvalue weighted by molar-refractivity contribution is -0.167. The van der Waals surface area contributed by atoms with Crippen LogP contribution >= 0.6 is 0 Å². The molecule has 400 valence electrons. The molecule has 0 spiro atoms. The van der Waals surface area contributed by atoms with E-state index in [0.29, 0.717) is 19.3 Å². The van der Waals surface area contributed by atoms with Crippen LogP contribution < -0.4 is 0 Å². The normalized spacial score (nSPS) is 13.1. The summed E-state index contributed by atoms with van der Waals surface area (Å²) in [6.45, 7) is 6.45. The van der Waals surface area contributed by atoms with Crippen LogP contribution in [-0.4, -0.2) is 37.2 Å². The second kappa shape index (κ2) is 58.1. The van der Waals surface area contributed by atoms with Gasteiger partial charge in [-0.05, 0) is 141 Å². The molecule has 6 heteroatoms. The van der Waals surface area contributed by atoms with Crippen LogP contribution in [0.5, 0.6) is 0 Å². The van der Waals surface area contributed by atoms with Gasteiger partial charge >= 0.3 is 17.9 Å². The maximum Gasteiger partial charge on any atom is 0.306 e. The zero-order valence-corrected chi connectivity index (χ0v) is 45.7.